The maximum atomic E-state index is 5.95. The van der Waals surface area contributed by atoms with Crippen molar-refractivity contribution < 1.29 is 4.74 Å². The van der Waals surface area contributed by atoms with E-state index in [4.69, 9.17) is 16.3 Å². The second-order valence-corrected chi connectivity index (χ2v) is 4.87. The van der Waals surface area contributed by atoms with Crippen LogP contribution in [0.15, 0.2) is 42.7 Å². The van der Waals surface area contributed by atoms with Gasteiger partial charge in [0.1, 0.15) is 5.75 Å². The van der Waals surface area contributed by atoms with Crippen LogP contribution in [0.4, 0.5) is 0 Å². The summed E-state index contributed by atoms with van der Waals surface area (Å²) in [6, 6.07) is 9.98. The molecule has 0 aliphatic rings. The Morgan fingerprint density at radius 2 is 1.90 bits per heavy atom. The molecule has 0 amide bonds. The predicted octanol–water partition coefficient (Wildman–Crippen LogP) is 3.83. The van der Waals surface area contributed by atoms with Crippen LogP contribution in [0.1, 0.15) is 31.0 Å². The van der Waals surface area contributed by atoms with Gasteiger partial charge in [-0.1, -0.05) is 30.7 Å². The largest absolute Gasteiger partial charge is 0.492 e. The predicted molar refractivity (Wildman–Crippen MR) is 82.4 cm³/mol. The monoisotopic (exact) mass is 290 g/mol. The maximum absolute atomic E-state index is 5.95. The van der Waals surface area contributed by atoms with Gasteiger partial charge in [0.25, 0.3) is 0 Å². The van der Waals surface area contributed by atoms with Crippen molar-refractivity contribution in [3.8, 4) is 5.75 Å². The van der Waals surface area contributed by atoms with E-state index < -0.39 is 0 Å². The van der Waals surface area contributed by atoms with Gasteiger partial charge in [0.05, 0.1) is 18.8 Å². The number of pyridine rings is 1. The third-order valence-electron chi connectivity index (χ3n) is 2.99. The average molecular weight is 291 g/mol. The number of ether oxygens (including phenoxy) is 1. The minimum Gasteiger partial charge on any atom is -0.492 e. The molecule has 0 saturated heterocycles. The number of hydrogen-bond donors (Lipinski definition) is 1. The van der Waals surface area contributed by atoms with Crippen molar-refractivity contribution in [2.45, 2.75) is 19.9 Å². The molecule has 1 atom stereocenters. The van der Waals surface area contributed by atoms with Crippen molar-refractivity contribution in [3.05, 3.63) is 58.9 Å². The number of benzene rings is 1. The number of nitrogens with one attached hydrogen (secondary N) is 1. The Hall–Kier alpha value is -1.58. The molecule has 20 heavy (non-hydrogen) atoms. The Balaban J connectivity index is 2.32. The van der Waals surface area contributed by atoms with E-state index in [9.17, 15) is 0 Å². The summed E-state index contributed by atoms with van der Waals surface area (Å²) in [7, 11) is 0. The van der Waals surface area contributed by atoms with E-state index in [1.54, 1.807) is 6.20 Å². The van der Waals surface area contributed by atoms with Gasteiger partial charge in [-0.2, -0.15) is 0 Å². The summed E-state index contributed by atoms with van der Waals surface area (Å²) in [6.07, 6.45) is 3.60. The lowest BCUT2D eigenvalue weighted by atomic mass is 10.00. The molecule has 1 unspecified atom stereocenters. The van der Waals surface area contributed by atoms with Crippen LogP contribution in [0, 0.1) is 0 Å². The molecule has 0 spiro atoms. The molecule has 4 heteroatoms. The molecule has 1 aromatic carbocycles. The second kappa shape index (κ2) is 7.27. The van der Waals surface area contributed by atoms with Crippen LogP contribution in [-0.2, 0) is 0 Å². The van der Waals surface area contributed by atoms with Crippen LogP contribution in [-0.4, -0.2) is 18.1 Å². The first-order chi connectivity index (χ1) is 9.74. The highest BCUT2D eigenvalue weighted by Gasteiger charge is 2.14. The highest BCUT2D eigenvalue weighted by molar-refractivity contribution is 6.30. The molecule has 0 bridgehead atoms. The van der Waals surface area contributed by atoms with Gasteiger partial charge in [-0.25, -0.2) is 0 Å². The van der Waals surface area contributed by atoms with Gasteiger partial charge in [0, 0.05) is 11.2 Å². The Morgan fingerprint density at radius 1 is 1.15 bits per heavy atom. The molecular formula is C16H19ClN2O. The van der Waals surface area contributed by atoms with Gasteiger partial charge in [-0.05, 0) is 42.8 Å². The second-order valence-electron chi connectivity index (χ2n) is 4.43. The molecule has 0 aliphatic carbocycles. The lowest BCUT2D eigenvalue weighted by molar-refractivity contribution is 0.338. The molecule has 0 saturated carbocycles. The smallest absolute Gasteiger partial charge is 0.137 e. The lowest BCUT2D eigenvalue weighted by Crippen LogP contribution is -2.22. The molecule has 0 fully saturated rings. The van der Waals surface area contributed by atoms with Crippen molar-refractivity contribution in [3.63, 3.8) is 0 Å². The highest BCUT2D eigenvalue weighted by Crippen LogP contribution is 2.25. The van der Waals surface area contributed by atoms with E-state index in [1.807, 2.05) is 43.5 Å². The number of aromatic nitrogens is 1. The molecule has 2 rings (SSSR count). The summed E-state index contributed by atoms with van der Waals surface area (Å²) in [5, 5.41) is 4.21. The molecule has 0 aliphatic heterocycles. The van der Waals surface area contributed by atoms with E-state index in [-0.39, 0.29) is 6.04 Å². The van der Waals surface area contributed by atoms with E-state index in [1.165, 1.54) is 0 Å². The van der Waals surface area contributed by atoms with Gasteiger partial charge >= 0.3 is 0 Å². The van der Waals surface area contributed by atoms with Crippen molar-refractivity contribution in [2.24, 2.45) is 0 Å². The Bertz CT molecular complexity index is 542. The van der Waals surface area contributed by atoms with Crippen LogP contribution in [0.5, 0.6) is 5.75 Å². The Labute approximate surface area is 124 Å². The normalized spacial score (nSPS) is 12.2. The Morgan fingerprint density at radius 3 is 2.55 bits per heavy atom. The summed E-state index contributed by atoms with van der Waals surface area (Å²) in [5.41, 5.74) is 2.24. The average Bonchev–Trinajstić information content (AvgIpc) is 2.47. The van der Waals surface area contributed by atoms with Crippen molar-refractivity contribution in [1.82, 2.24) is 10.3 Å². The zero-order valence-corrected chi connectivity index (χ0v) is 12.5. The fourth-order valence-electron chi connectivity index (χ4n) is 2.13. The van der Waals surface area contributed by atoms with E-state index in [2.05, 4.69) is 17.2 Å². The SMILES string of the molecule is CCNC(c1ccc(Cl)cc1)c1cncc(OCC)c1. The highest BCUT2D eigenvalue weighted by atomic mass is 35.5. The Kier molecular flexibility index (Phi) is 5.39. The lowest BCUT2D eigenvalue weighted by Gasteiger charge is -2.19. The van der Waals surface area contributed by atoms with Crippen LogP contribution in [0.25, 0.3) is 0 Å². The number of rotatable bonds is 6. The topological polar surface area (TPSA) is 34.2 Å². The van der Waals surface area contributed by atoms with Crippen LogP contribution in [0.2, 0.25) is 5.02 Å². The molecule has 106 valence electrons. The molecular weight excluding hydrogens is 272 g/mol. The van der Waals surface area contributed by atoms with Gasteiger partial charge in [0.15, 0.2) is 0 Å². The van der Waals surface area contributed by atoms with Crippen LogP contribution < -0.4 is 10.1 Å². The van der Waals surface area contributed by atoms with Gasteiger partial charge in [-0.3, -0.25) is 4.98 Å². The van der Waals surface area contributed by atoms with Crippen molar-refractivity contribution >= 4 is 11.6 Å². The minimum atomic E-state index is 0.0881. The summed E-state index contributed by atoms with van der Waals surface area (Å²) in [5.74, 6) is 0.793. The summed E-state index contributed by atoms with van der Waals surface area (Å²) in [4.78, 5) is 4.26. The molecule has 1 N–H and O–H groups in total. The maximum Gasteiger partial charge on any atom is 0.137 e. The van der Waals surface area contributed by atoms with E-state index in [0.717, 1.165) is 28.4 Å². The number of halogens is 1. The standard InChI is InChI=1S/C16H19ClN2O/c1-3-19-16(12-5-7-14(17)8-6-12)13-9-15(20-4-2)11-18-10-13/h5-11,16,19H,3-4H2,1-2H3. The summed E-state index contributed by atoms with van der Waals surface area (Å²) in [6.45, 7) is 5.56. The molecule has 3 nitrogen and oxygen atoms in total. The fraction of sp³-hybridized carbons (Fsp3) is 0.312. The first-order valence-electron chi connectivity index (χ1n) is 6.81. The van der Waals surface area contributed by atoms with E-state index >= 15 is 0 Å². The fourth-order valence-corrected chi connectivity index (χ4v) is 2.25. The first-order valence-corrected chi connectivity index (χ1v) is 7.19. The summed E-state index contributed by atoms with van der Waals surface area (Å²) < 4.78 is 5.52. The number of hydrogen-bond acceptors (Lipinski definition) is 3. The third kappa shape index (κ3) is 3.71. The van der Waals surface area contributed by atoms with Gasteiger partial charge < -0.3 is 10.1 Å². The van der Waals surface area contributed by atoms with Crippen LogP contribution in [0.3, 0.4) is 0 Å². The number of nitrogens with zero attached hydrogens (tertiary/aromatic N) is 1. The van der Waals surface area contributed by atoms with Crippen molar-refractivity contribution in [2.75, 3.05) is 13.2 Å². The van der Waals surface area contributed by atoms with Crippen molar-refractivity contribution in [1.29, 1.82) is 0 Å². The molecule has 0 radical (unpaired) electrons. The minimum absolute atomic E-state index is 0.0881. The first kappa shape index (κ1) is 14.8. The van der Waals surface area contributed by atoms with Gasteiger partial charge in [0.2, 0.25) is 0 Å². The van der Waals surface area contributed by atoms with E-state index in [0.29, 0.717) is 6.61 Å². The zero-order chi connectivity index (χ0) is 14.4. The third-order valence-corrected chi connectivity index (χ3v) is 3.24. The molecule has 2 aromatic rings. The summed E-state index contributed by atoms with van der Waals surface area (Å²) >= 11 is 5.95. The zero-order valence-electron chi connectivity index (χ0n) is 11.8. The van der Waals surface area contributed by atoms with Crippen LogP contribution >= 0.6 is 11.6 Å². The molecule has 1 heterocycles. The molecule has 1 aromatic heterocycles. The van der Waals surface area contributed by atoms with Gasteiger partial charge in [-0.15, -0.1) is 0 Å². The quantitative estimate of drug-likeness (QED) is 0.878.